The Bertz CT molecular complexity index is 1020. The fraction of sp³-hybridized carbons (Fsp3) is 0.136. The molecule has 2 amide bonds. The Morgan fingerprint density at radius 1 is 1.00 bits per heavy atom. The van der Waals surface area contributed by atoms with E-state index in [1.807, 2.05) is 44.2 Å². The summed E-state index contributed by atoms with van der Waals surface area (Å²) >= 11 is 5.86. The maximum absolute atomic E-state index is 12.5. The topological polar surface area (TPSA) is 71.1 Å². The number of halogens is 1. The first-order valence-corrected chi connectivity index (χ1v) is 9.18. The highest BCUT2D eigenvalue weighted by Crippen LogP contribution is 2.18. The van der Waals surface area contributed by atoms with Crippen LogP contribution in [-0.4, -0.2) is 16.8 Å². The summed E-state index contributed by atoms with van der Waals surface area (Å²) in [7, 11) is 0. The third-order valence-electron chi connectivity index (χ3n) is 4.47. The monoisotopic (exact) mass is 393 g/mol. The summed E-state index contributed by atoms with van der Waals surface area (Å²) in [6.07, 6.45) is 1.45. The molecule has 0 spiro atoms. The molecule has 28 heavy (non-hydrogen) atoms. The van der Waals surface area contributed by atoms with Gasteiger partial charge in [-0.15, -0.1) is 0 Å². The average Bonchev–Trinajstić information content (AvgIpc) is 2.71. The number of amides is 2. The standard InChI is InChI=1S/C22H20ClN3O2/c1-14-4-3-5-19(15(14)2)26-22(28)20-12-17(10-11-24-20)21(27)25-13-16-6-8-18(23)9-7-16/h3-12H,13H2,1-2H3,(H,25,27)(H,26,28). The van der Waals surface area contributed by atoms with Gasteiger partial charge < -0.3 is 10.6 Å². The maximum Gasteiger partial charge on any atom is 0.274 e. The molecule has 3 aromatic rings. The van der Waals surface area contributed by atoms with Gasteiger partial charge in [-0.05, 0) is 60.9 Å². The van der Waals surface area contributed by atoms with Crippen molar-refractivity contribution in [3.05, 3.63) is 93.8 Å². The van der Waals surface area contributed by atoms with Crippen LogP contribution in [0.3, 0.4) is 0 Å². The SMILES string of the molecule is Cc1cccc(NC(=O)c2cc(C(=O)NCc3ccc(Cl)cc3)ccn2)c1C. The Morgan fingerprint density at radius 2 is 1.75 bits per heavy atom. The van der Waals surface area contributed by atoms with Crippen molar-refractivity contribution in [2.45, 2.75) is 20.4 Å². The molecule has 0 saturated heterocycles. The molecule has 3 rings (SSSR count). The average molecular weight is 394 g/mol. The van der Waals surface area contributed by atoms with Crippen LogP contribution in [0.25, 0.3) is 0 Å². The van der Waals surface area contributed by atoms with E-state index in [4.69, 9.17) is 11.6 Å². The number of carbonyl (C=O) groups is 2. The van der Waals surface area contributed by atoms with Crippen molar-refractivity contribution in [1.82, 2.24) is 10.3 Å². The molecule has 0 aliphatic heterocycles. The fourth-order valence-electron chi connectivity index (χ4n) is 2.66. The number of nitrogens with zero attached hydrogens (tertiary/aromatic N) is 1. The summed E-state index contributed by atoms with van der Waals surface area (Å²) in [6.45, 7) is 4.29. The van der Waals surface area contributed by atoms with Crippen LogP contribution in [0.2, 0.25) is 5.02 Å². The second kappa shape index (κ2) is 8.67. The molecule has 0 bridgehead atoms. The summed E-state index contributed by atoms with van der Waals surface area (Å²) < 4.78 is 0. The van der Waals surface area contributed by atoms with E-state index in [9.17, 15) is 9.59 Å². The Balaban J connectivity index is 1.68. The van der Waals surface area contributed by atoms with Gasteiger partial charge in [0.2, 0.25) is 0 Å². The zero-order chi connectivity index (χ0) is 20.1. The lowest BCUT2D eigenvalue weighted by Crippen LogP contribution is -2.23. The van der Waals surface area contributed by atoms with Crippen molar-refractivity contribution in [3.8, 4) is 0 Å². The van der Waals surface area contributed by atoms with Crippen LogP contribution in [0, 0.1) is 13.8 Å². The van der Waals surface area contributed by atoms with Crippen molar-refractivity contribution >= 4 is 29.1 Å². The summed E-state index contributed by atoms with van der Waals surface area (Å²) in [4.78, 5) is 29.1. The van der Waals surface area contributed by atoms with E-state index < -0.39 is 0 Å². The summed E-state index contributed by atoms with van der Waals surface area (Å²) in [5, 5.41) is 6.32. The Hall–Kier alpha value is -3.18. The number of anilines is 1. The highest BCUT2D eigenvalue weighted by molar-refractivity contribution is 6.30. The number of hydrogen-bond donors (Lipinski definition) is 2. The molecule has 0 atom stereocenters. The van der Waals surface area contributed by atoms with E-state index in [1.165, 1.54) is 12.3 Å². The number of pyridine rings is 1. The van der Waals surface area contributed by atoms with Gasteiger partial charge >= 0.3 is 0 Å². The smallest absolute Gasteiger partial charge is 0.274 e. The predicted molar refractivity (Wildman–Crippen MR) is 111 cm³/mol. The van der Waals surface area contributed by atoms with Crippen molar-refractivity contribution in [2.24, 2.45) is 0 Å². The molecule has 1 heterocycles. The molecular weight excluding hydrogens is 374 g/mol. The van der Waals surface area contributed by atoms with E-state index in [-0.39, 0.29) is 17.5 Å². The number of hydrogen-bond acceptors (Lipinski definition) is 3. The molecule has 0 saturated carbocycles. The third-order valence-corrected chi connectivity index (χ3v) is 4.73. The van der Waals surface area contributed by atoms with Gasteiger partial charge in [0.05, 0.1) is 0 Å². The Labute approximate surface area is 168 Å². The van der Waals surface area contributed by atoms with Gasteiger partial charge in [0.15, 0.2) is 0 Å². The summed E-state index contributed by atoms with van der Waals surface area (Å²) in [6, 6.07) is 16.0. The molecule has 6 heteroatoms. The zero-order valence-corrected chi connectivity index (χ0v) is 16.4. The van der Waals surface area contributed by atoms with Gasteiger partial charge in [-0.2, -0.15) is 0 Å². The highest BCUT2D eigenvalue weighted by atomic mass is 35.5. The van der Waals surface area contributed by atoms with E-state index in [0.29, 0.717) is 17.1 Å². The van der Waals surface area contributed by atoms with Gasteiger partial charge in [-0.25, -0.2) is 0 Å². The normalized spacial score (nSPS) is 10.4. The van der Waals surface area contributed by atoms with Gasteiger partial charge in [0.25, 0.3) is 11.8 Å². The second-order valence-electron chi connectivity index (χ2n) is 6.44. The Kier molecular flexibility index (Phi) is 6.06. The quantitative estimate of drug-likeness (QED) is 0.668. The van der Waals surface area contributed by atoms with Crippen LogP contribution in [0.5, 0.6) is 0 Å². The number of rotatable bonds is 5. The lowest BCUT2D eigenvalue weighted by molar-refractivity contribution is 0.0951. The van der Waals surface area contributed by atoms with Crippen LogP contribution in [0.15, 0.2) is 60.8 Å². The second-order valence-corrected chi connectivity index (χ2v) is 6.88. The molecule has 0 fully saturated rings. The first kappa shape index (κ1) is 19.6. The first-order chi connectivity index (χ1) is 13.4. The number of nitrogens with one attached hydrogen (secondary N) is 2. The molecule has 0 aliphatic carbocycles. The molecule has 142 valence electrons. The zero-order valence-electron chi connectivity index (χ0n) is 15.6. The fourth-order valence-corrected chi connectivity index (χ4v) is 2.78. The summed E-state index contributed by atoms with van der Waals surface area (Å²) in [5.74, 6) is -0.640. The molecule has 5 nitrogen and oxygen atoms in total. The lowest BCUT2D eigenvalue weighted by Gasteiger charge is -2.10. The highest BCUT2D eigenvalue weighted by Gasteiger charge is 2.13. The van der Waals surface area contributed by atoms with Crippen molar-refractivity contribution in [1.29, 1.82) is 0 Å². The van der Waals surface area contributed by atoms with Crippen LogP contribution in [-0.2, 0) is 6.54 Å². The van der Waals surface area contributed by atoms with Crippen LogP contribution < -0.4 is 10.6 Å². The molecule has 2 aromatic carbocycles. The minimum atomic E-state index is -0.360. The molecule has 1 aromatic heterocycles. The van der Waals surface area contributed by atoms with Gasteiger partial charge in [0.1, 0.15) is 5.69 Å². The molecule has 2 N–H and O–H groups in total. The number of aryl methyl sites for hydroxylation is 1. The van der Waals surface area contributed by atoms with Crippen molar-refractivity contribution in [3.63, 3.8) is 0 Å². The van der Waals surface area contributed by atoms with E-state index in [1.54, 1.807) is 18.2 Å². The van der Waals surface area contributed by atoms with Crippen molar-refractivity contribution < 1.29 is 9.59 Å². The molecular formula is C22H20ClN3O2. The molecule has 0 radical (unpaired) electrons. The molecule has 0 unspecified atom stereocenters. The minimum absolute atomic E-state index is 0.181. The van der Waals surface area contributed by atoms with Gasteiger partial charge in [-0.1, -0.05) is 35.9 Å². The lowest BCUT2D eigenvalue weighted by atomic mass is 10.1. The van der Waals surface area contributed by atoms with Gasteiger partial charge in [0, 0.05) is 29.0 Å². The van der Waals surface area contributed by atoms with Gasteiger partial charge in [-0.3, -0.25) is 14.6 Å². The third kappa shape index (κ3) is 4.75. The van der Waals surface area contributed by atoms with E-state index >= 15 is 0 Å². The van der Waals surface area contributed by atoms with E-state index in [0.717, 1.165) is 22.4 Å². The first-order valence-electron chi connectivity index (χ1n) is 8.80. The summed E-state index contributed by atoms with van der Waals surface area (Å²) in [5.41, 5.74) is 4.29. The van der Waals surface area contributed by atoms with Crippen LogP contribution in [0.1, 0.15) is 37.5 Å². The van der Waals surface area contributed by atoms with Crippen molar-refractivity contribution in [2.75, 3.05) is 5.32 Å². The number of aromatic nitrogens is 1. The minimum Gasteiger partial charge on any atom is -0.348 e. The maximum atomic E-state index is 12.5. The number of benzene rings is 2. The molecule has 0 aliphatic rings. The Morgan fingerprint density at radius 3 is 2.50 bits per heavy atom. The van der Waals surface area contributed by atoms with E-state index in [2.05, 4.69) is 15.6 Å². The van der Waals surface area contributed by atoms with Crippen LogP contribution >= 0.6 is 11.6 Å². The predicted octanol–water partition coefficient (Wildman–Crippen LogP) is 4.53. The number of carbonyl (C=O) groups excluding carboxylic acids is 2. The largest absolute Gasteiger partial charge is 0.348 e. The van der Waals surface area contributed by atoms with Crippen LogP contribution in [0.4, 0.5) is 5.69 Å².